The minimum Gasteiger partial charge on any atom is -0.497 e. The fourth-order valence-corrected chi connectivity index (χ4v) is 1.19. The summed E-state index contributed by atoms with van der Waals surface area (Å²) >= 11 is 0. The highest BCUT2D eigenvalue weighted by molar-refractivity contribution is 5.81. The molecule has 0 unspecified atom stereocenters. The molecule has 0 bridgehead atoms. The summed E-state index contributed by atoms with van der Waals surface area (Å²) < 4.78 is 14.9. The van der Waals surface area contributed by atoms with Crippen molar-refractivity contribution < 1.29 is 19.0 Å². The topological polar surface area (TPSA) is 44.8 Å². The van der Waals surface area contributed by atoms with Crippen LogP contribution in [0.1, 0.15) is 5.56 Å². The predicted molar refractivity (Wildman–Crippen MR) is 67.3 cm³/mol. The maximum Gasteiger partial charge on any atom is 0.338 e. The first-order valence-electron chi connectivity index (χ1n) is 5.46. The van der Waals surface area contributed by atoms with Crippen LogP contribution in [0.3, 0.4) is 0 Å². The number of hydrogen-bond donors (Lipinski definition) is 0. The van der Waals surface area contributed by atoms with Gasteiger partial charge in [-0.15, -0.1) is 5.73 Å². The van der Waals surface area contributed by atoms with Crippen LogP contribution >= 0.6 is 0 Å². The molecule has 1 aromatic carbocycles. The van der Waals surface area contributed by atoms with Crippen LogP contribution in [0.25, 0.3) is 0 Å². The van der Waals surface area contributed by atoms with E-state index in [2.05, 4.69) is 10.5 Å². The van der Waals surface area contributed by atoms with Crippen molar-refractivity contribution in [3.8, 4) is 5.75 Å². The van der Waals surface area contributed by atoms with Gasteiger partial charge in [0.1, 0.15) is 5.75 Å². The van der Waals surface area contributed by atoms with Gasteiger partial charge in [-0.05, 0) is 23.8 Å². The second-order valence-electron chi connectivity index (χ2n) is 3.40. The van der Waals surface area contributed by atoms with Crippen LogP contribution in [0.4, 0.5) is 0 Å². The molecule has 0 amide bonds. The first-order valence-corrected chi connectivity index (χ1v) is 5.46. The third-order valence-corrected chi connectivity index (χ3v) is 2.15. The van der Waals surface area contributed by atoms with E-state index >= 15 is 0 Å². The monoisotopic (exact) mass is 248 g/mol. The Morgan fingerprint density at radius 3 is 2.61 bits per heavy atom. The van der Waals surface area contributed by atoms with Crippen molar-refractivity contribution in [3.05, 3.63) is 47.7 Å². The third kappa shape index (κ3) is 5.34. The molecule has 0 atom stereocenters. The Morgan fingerprint density at radius 1 is 1.28 bits per heavy atom. The molecule has 0 aliphatic carbocycles. The van der Waals surface area contributed by atoms with Gasteiger partial charge in [0.15, 0.2) is 0 Å². The largest absolute Gasteiger partial charge is 0.497 e. The normalized spacial score (nSPS) is 9.22. The Balaban J connectivity index is 2.29. The summed E-state index contributed by atoms with van der Waals surface area (Å²) in [4.78, 5) is 10.7. The molecule has 0 spiro atoms. The standard InChI is InChI=1S/C14H16O4/c1-16-13-8-6-12(7-9-13)11-18-10-4-3-5-14(15)17-2/h4-9H,10-11H2,1-2H3. The van der Waals surface area contributed by atoms with Gasteiger partial charge in [-0.2, -0.15) is 0 Å². The molecule has 0 aliphatic heterocycles. The summed E-state index contributed by atoms with van der Waals surface area (Å²) in [5.74, 6) is 0.390. The van der Waals surface area contributed by atoms with Crippen LogP contribution in [-0.2, 0) is 20.9 Å². The highest BCUT2D eigenvalue weighted by Crippen LogP contribution is 2.11. The number of hydrogen-bond acceptors (Lipinski definition) is 4. The molecular formula is C14H16O4. The third-order valence-electron chi connectivity index (χ3n) is 2.15. The SMILES string of the molecule is COC(=O)C=C=CCOCc1ccc(OC)cc1. The van der Waals surface area contributed by atoms with E-state index in [9.17, 15) is 4.79 Å². The van der Waals surface area contributed by atoms with Crippen molar-refractivity contribution in [1.29, 1.82) is 0 Å². The van der Waals surface area contributed by atoms with Gasteiger partial charge in [0.2, 0.25) is 0 Å². The Labute approximate surface area is 106 Å². The Bertz CT molecular complexity index is 428. The van der Waals surface area contributed by atoms with Crippen LogP contribution < -0.4 is 4.74 Å². The summed E-state index contributed by atoms with van der Waals surface area (Å²) in [6, 6.07) is 7.64. The Hall–Kier alpha value is -2.03. The van der Waals surface area contributed by atoms with Gasteiger partial charge < -0.3 is 14.2 Å². The molecule has 0 aliphatic rings. The Kier molecular flexibility index (Phi) is 6.33. The van der Waals surface area contributed by atoms with Gasteiger partial charge in [0, 0.05) is 0 Å². The van der Waals surface area contributed by atoms with E-state index in [4.69, 9.17) is 9.47 Å². The molecule has 4 nitrogen and oxygen atoms in total. The van der Waals surface area contributed by atoms with E-state index in [0.29, 0.717) is 13.2 Å². The molecular weight excluding hydrogens is 232 g/mol. The van der Waals surface area contributed by atoms with E-state index in [0.717, 1.165) is 11.3 Å². The second kappa shape index (κ2) is 8.12. The molecule has 18 heavy (non-hydrogen) atoms. The molecule has 0 N–H and O–H groups in total. The van der Waals surface area contributed by atoms with Crippen molar-refractivity contribution in [2.24, 2.45) is 0 Å². The number of carbonyl (C=O) groups excluding carboxylic acids is 1. The minimum absolute atomic E-state index is 0.388. The Morgan fingerprint density at radius 2 is 2.00 bits per heavy atom. The van der Waals surface area contributed by atoms with E-state index in [1.807, 2.05) is 24.3 Å². The van der Waals surface area contributed by atoms with Crippen LogP contribution in [0.2, 0.25) is 0 Å². The molecule has 1 aromatic rings. The zero-order valence-corrected chi connectivity index (χ0v) is 10.5. The summed E-state index contributed by atoms with van der Waals surface area (Å²) in [5, 5.41) is 0. The molecule has 0 radical (unpaired) electrons. The summed E-state index contributed by atoms with van der Waals surface area (Å²) in [5.41, 5.74) is 3.73. The van der Waals surface area contributed by atoms with Gasteiger partial charge in [-0.25, -0.2) is 4.79 Å². The average molecular weight is 248 g/mol. The fraction of sp³-hybridized carbons (Fsp3) is 0.286. The van der Waals surface area contributed by atoms with Gasteiger partial charge in [-0.1, -0.05) is 12.1 Å². The van der Waals surface area contributed by atoms with Crippen molar-refractivity contribution >= 4 is 5.97 Å². The van der Waals surface area contributed by atoms with Gasteiger partial charge >= 0.3 is 5.97 Å². The van der Waals surface area contributed by atoms with Gasteiger partial charge in [0.05, 0.1) is 33.5 Å². The highest BCUT2D eigenvalue weighted by atomic mass is 16.5. The zero-order chi connectivity index (χ0) is 13.2. The van der Waals surface area contributed by atoms with Crippen molar-refractivity contribution in [3.63, 3.8) is 0 Å². The molecule has 1 rings (SSSR count). The number of esters is 1. The van der Waals surface area contributed by atoms with Gasteiger partial charge in [0.25, 0.3) is 0 Å². The predicted octanol–water partition coefficient (Wildman–Crippen LogP) is 2.10. The smallest absolute Gasteiger partial charge is 0.338 e. The molecule has 96 valence electrons. The van der Waals surface area contributed by atoms with E-state index in [1.54, 1.807) is 13.2 Å². The maximum absolute atomic E-state index is 10.7. The molecule has 0 saturated carbocycles. The molecule has 0 aromatic heterocycles. The molecule has 0 heterocycles. The number of rotatable bonds is 6. The highest BCUT2D eigenvalue weighted by Gasteiger charge is 1.93. The summed E-state index contributed by atoms with van der Waals surface area (Å²) in [6.45, 7) is 0.889. The first-order chi connectivity index (χ1) is 8.76. The van der Waals surface area contributed by atoms with E-state index < -0.39 is 5.97 Å². The van der Waals surface area contributed by atoms with Crippen LogP contribution in [0.5, 0.6) is 5.75 Å². The van der Waals surface area contributed by atoms with Crippen LogP contribution in [0.15, 0.2) is 42.1 Å². The van der Waals surface area contributed by atoms with Crippen molar-refractivity contribution in [2.45, 2.75) is 6.61 Å². The van der Waals surface area contributed by atoms with E-state index in [-0.39, 0.29) is 0 Å². The zero-order valence-electron chi connectivity index (χ0n) is 10.5. The lowest BCUT2D eigenvalue weighted by molar-refractivity contribution is -0.134. The summed E-state index contributed by atoms with van der Waals surface area (Å²) in [7, 11) is 2.95. The first kappa shape index (κ1) is 14.0. The number of methoxy groups -OCH3 is 2. The van der Waals surface area contributed by atoms with Crippen molar-refractivity contribution in [2.75, 3.05) is 20.8 Å². The average Bonchev–Trinajstić information content (AvgIpc) is 2.43. The maximum atomic E-state index is 10.7. The van der Waals surface area contributed by atoms with Crippen molar-refractivity contribution in [1.82, 2.24) is 0 Å². The lowest BCUT2D eigenvalue weighted by atomic mass is 10.2. The summed E-state index contributed by atoms with van der Waals surface area (Å²) in [6.07, 6.45) is 2.84. The van der Waals surface area contributed by atoms with E-state index in [1.165, 1.54) is 13.2 Å². The molecule has 0 saturated heterocycles. The number of ether oxygens (including phenoxy) is 3. The lowest BCUT2D eigenvalue weighted by Gasteiger charge is -2.03. The quantitative estimate of drug-likeness (QED) is 0.335. The number of benzene rings is 1. The van der Waals surface area contributed by atoms with Gasteiger partial charge in [-0.3, -0.25) is 0 Å². The van der Waals surface area contributed by atoms with Crippen LogP contribution in [0, 0.1) is 0 Å². The second-order valence-corrected chi connectivity index (χ2v) is 3.40. The molecule has 0 fully saturated rings. The van der Waals surface area contributed by atoms with Crippen LogP contribution in [-0.4, -0.2) is 26.8 Å². The minimum atomic E-state index is -0.429. The number of carbonyl (C=O) groups is 1. The fourth-order valence-electron chi connectivity index (χ4n) is 1.19. The lowest BCUT2D eigenvalue weighted by Crippen LogP contribution is -1.94. The molecule has 4 heteroatoms.